The maximum Gasteiger partial charge on any atom is 0.469 e. The summed E-state index contributed by atoms with van der Waals surface area (Å²) >= 11 is 0. The average molecular weight is 522 g/mol. The highest BCUT2D eigenvalue weighted by molar-refractivity contribution is 7.46. The van der Waals surface area contributed by atoms with Crippen LogP contribution in [-0.2, 0) is 9.09 Å². The second-order valence-electron chi connectivity index (χ2n) is 10.7. The molecule has 0 radical (unpaired) electrons. The van der Waals surface area contributed by atoms with E-state index in [1.807, 2.05) is 13.8 Å². The predicted octanol–water partition coefficient (Wildman–Crippen LogP) is 9.69. The largest absolute Gasteiger partial charge is 0.469 e. The summed E-state index contributed by atoms with van der Waals surface area (Å²) in [5, 5.41) is 0. The van der Waals surface area contributed by atoms with Crippen molar-refractivity contribution in [2.24, 2.45) is 11.7 Å². The van der Waals surface area contributed by atoms with Crippen LogP contribution in [0.5, 0.6) is 0 Å². The highest BCUT2D eigenvalue weighted by atomic mass is 31.2. The molecule has 0 aromatic rings. The van der Waals surface area contributed by atoms with E-state index in [0.29, 0.717) is 0 Å². The summed E-state index contributed by atoms with van der Waals surface area (Å²) in [6, 6.07) is 0. The lowest BCUT2D eigenvalue weighted by Gasteiger charge is -2.21. The minimum Gasteiger partial charge on any atom is -0.330 e. The fourth-order valence-electron chi connectivity index (χ4n) is 4.33. The van der Waals surface area contributed by atoms with Gasteiger partial charge >= 0.3 is 7.82 Å². The van der Waals surface area contributed by atoms with Crippen molar-refractivity contribution in [3.63, 3.8) is 0 Å². The van der Waals surface area contributed by atoms with E-state index in [1.54, 1.807) is 0 Å². The summed E-state index contributed by atoms with van der Waals surface area (Å²) in [7, 11) is -4.37. The minimum atomic E-state index is -4.37. The quantitative estimate of drug-likeness (QED) is 0.0821. The summed E-state index contributed by atoms with van der Waals surface area (Å²) in [6.07, 6.45) is 28.3. The fourth-order valence-corrected chi connectivity index (χ4v) is 5.03. The molecule has 4 N–H and O–H groups in total. The first kappa shape index (κ1) is 37.2. The molecule has 0 saturated carbocycles. The van der Waals surface area contributed by atoms with Crippen molar-refractivity contribution in [2.75, 3.05) is 6.54 Å². The van der Waals surface area contributed by atoms with Crippen LogP contribution in [0.4, 0.5) is 0 Å². The highest BCUT2D eigenvalue weighted by Crippen LogP contribution is 2.40. The van der Waals surface area contributed by atoms with Gasteiger partial charge in [0.15, 0.2) is 0 Å². The van der Waals surface area contributed by atoms with Crippen LogP contribution in [-0.4, -0.2) is 22.4 Å². The van der Waals surface area contributed by atoms with E-state index < -0.39 is 7.82 Å². The third kappa shape index (κ3) is 34.1. The molecular formula is C29H64NO4P. The van der Waals surface area contributed by atoms with Gasteiger partial charge in [0.05, 0.1) is 6.10 Å². The molecule has 1 unspecified atom stereocenters. The van der Waals surface area contributed by atoms with Gasteiger partial charge in [-0.1, -0.05) is 156 Å². The zero-order chi connectivity index (χ0) is 26.6. The Hall–Kier alpha value is 0.0700. The van der Waals surface area contributed by atoms with Gasteiger partial charge in [-0.3, -0.25) is 4.52 Å². The molecule has 1 atom stereocenters. The van der Waals surface area contributed by atoms with Crippen molar-refractivity contribution in [3.05, 3.63) is 0 Å². The van der Waals surface area contributed by atoms with Gasteiger partial charge < -0.3 is 15.5 Å². The van der Waals surface area contributed by atoms with Gasteiger partial charge in [0.25, 0.3) is 0 Å². The molecule has 0 fully saturated rings. The Morgan fingerprint density at radius 3 is 1.20 bits per heavy atom. The lowest BCUT2D eigenvalue weighted by Crippen LogP contribution is -2.18. The zero-order valence-corrected chi connectivity index (χ0v) is 25.0. The second kappa shape index (κ2) is 28.6. The Morgan fingerprint density at radius 1 is 0.600 bits per heavy atom. The first-order valence-electron chi connectivity index (χ1n) is 15.2. The molecule has 0 aromatic heterocycles. The first-order chi connectivity index (χ1) is 16.8. The van der Waals surface area contributed by atoms with E-state index in [1.165, 1.54) is 122 Å². The Morgan fingerprint density at radius 2 is 0.914 bits per heavy atom. The van der Waals surface area contributed by atoms with E-state index in [0.717, 1.165) is 25.8 Å². The van der Waals surface area contributed by atoms with E-state index in [2.05, 4.69) is 13.8 Å². The Balaban J connectivity index is 0. The number of unbranched alkanes of at least 4 members (excludes halogenated alkanes) is 19. The molecule has 6 heteroatoms. The molecule has 0 spiro atoms. The summed E-state index contributed by atoms with van der Waals surface area (Å²) in [4.78, 5) is 17.9. The lowest BCUT2D eigenvalue weighted by molar-refractivity contribution is 0.0912. The molecular weight excluding hydrogens is 457 g/mol. The number of phosphoric ester groups is 1. The van der Waals surface area contributed by atoms with Gasteiger partial charge in [-0.05, 0) is 25.3 Å². The molecule has 35 heavy (non-hydrogen) atoms. The number of hydrogen-bond donors (Lipinski definition) is 3. The second-order valence-corrected chi connectivity index (χ2v) is 11.9. The van der Waals surface area contributed by atoms with Crippen molar-refractivity contribution in [1.82, 2.24) is 0 Å². The van der Waals surface area contributed by atoms with Gasteiger partial charge in [0, 0.05) is 0 Å². The lowest BCUT2D eigenvalue weighted by atomic mass is 9.99. The monoisotopic (exact) mass is 521 g/mol. The standard InChI is InChI=1S/C21H45O4P.C8H19N/c1-4-5-6-7-8-9-10-11-12-13-14-15-16-17-18-19-21(20(2)3)25-26(22,23)24;1-2-3-4-5-6-7-8-9/h20-21H,4-19H2,1-3H3,(H2,22,23,24);2-9H2,1H3. The normalized spacial score (nSPS) is 12.6. The van der Waals surface area contributed by atoms with Crippen LogP contribution < -0.4 is 5.73 Å². The van der Waals surface area contributed by atoms with Crippen LogP contribution in [0.25, 0.3) is 0 Å². The van der Waals surface area contributed by atoms with Gasteiger partial charge in [-0.2, -0.15) is 0 Å². The fraction of sp³-hybridized carbons (Fsp3) is 1.00. The van der Waals surface area contributed by atoms with Crippen LogP contribution in [0.15, 0.2) is 0 Å². The van der Waals surface area contributed by atoms with E-state index in [-0.39, 0.29) is 12.0 Å². The van der Waals surface area contributed by atoms with Gasteiger partial charge in [0.2, 0.25) is 0 Å². The molecule has 0 bridgehead atoms. The average Bonchev–Trinajstić information content (AvgIpc) is 2.80. The van der Waals surface area contributed by atoms with Gasteiger partial charge in [-0.15, -0.1) is 0 Å². The smallest absolute Gasteiger partial charge is 0.330 e. The van der Waals surface area contributed by atoms with Crippen molar-refractivity contribution in [2.45, 2.75) is 175 Å². The molecule has 0 aliphatic carbocycles. The maximum atomic E-state index is 11.0. The van der Waals surface area contributed by atoms with Crippen molar-refractivity contribution >= 4 is 7.82 Å². The Bertz CT molecular complexity index is 436. The molecule has 0 amide bonds. The third-order valence-electron chi connectivity index (χ3n) is 6.67. The van der Waals surface area contributed by atoms with Crippen LogP contribution >= 0.6 is 7.82 Å². The first-order valence-corrected chi connectivity index (χ1v) is 16.7. The SMILES string of the molecule is CCCCCCCCCCCCCCCCCC(OP(=O)(O)O)C(C)C.CCCCCCCCN. The summed E-state index contributed by atoms with van der Waals surface area (Å²) in [6.45, 7) is 9.27. The number of hydrogen-bond acceptors (Lipinski definition) is 3. The van der Waals surface area contributed by atoms with Crippen LogP contribution in [0.2, 0.25) is 0 Å². The number of nitrogens with two attached hydrogens (primary N) is 1. The zero-order valence-electron chi connectivity index (χ0n) is 24.2. The molecule has 0 aliphatic heterocycles. The molecule has 5 nitrogen and oxygen atoms in total. The number of phosphoric acid groups is 1. The van der Waals surface area contributed by atoms with Crippen LogP contribution in [0.3, 0.4) is 0 Å². The Kier molecular flexibility index (Phi) is 30.5. The molecule has 0 aromatic carbocycles. The van der Waals surface area contributed by atoms with Crippen LogP contribution in [0, 0.1) is 5.92 Å². The highest BCUT2D eigenvalue weighted by Gasteiger charge is 2.24. The molecule has 214 valence electrons. The molecule has 0 heterocycles. The van der Waals surface area contributed by atoms with Crippen LogP contribution in [0.1, 0.15) is 169 Å². The van der Waals surface area contributed by atoms with Crippen molar-refractivity contribution in [1.29, 1.82) is 0 Å². The van der Waals surface area contributed by atoms with E-state index in [4.69, 9.17) is 20.0 Å². The molecule has 0 aliphatic rings. The third-order valence-corrected chi connectivity index (χ3v) is 7.21. The Labute approximate surface area is 220 Å². The van der Waals surface area contributed by atoms with E-state index >= 15 is 0 Å². The summed E-state index contributed by atoms with van der Waals surface area (Å²) in [5.41, 5.74) is 5.34. The molecule has 0 rings (SSSR count). The summed E-state index contributed by atoms with van der Waals surface area (Å²) < 4.78 is 15.9. The minimum absolute atomic E-state index is 0.134. The van der Waals surface area contributed by atoms with Crippen molar-refractivity contribution in [3.8, 4) is 0 Å². The predicted molar refractivity (Wildman–Crippen MR) is 154 cm³/mol. The maximum absolute atomic E-state index is 11.0. The number of rotatable bonds is 25. The van der Waals surface area contributed by atoms with Gasteiger partial charge in [0.1, 0.15) is 0 Å². The van der Waals surface area contributed by atoms with Crippen molar-refractivity contribution < 1.29 is 18.9 Å². The topological polar surface area (TPSA) is 92.8 Å². The molecule has 0 saturated heterocycles. The van der Waals surface area contributed by atoms with E-state index in [9.17, 15) is 4.57 Å². The van der Waals surface area contributed by atoms with Gasteiger partial charge in [-0.25, -0.2) is 4.57 Å². The summed E-state index contributed by atoms with van der Waals surface area (Å²) in [5.74, 6) is 0.134.